The van der Waals surface area contributed by atoms with E-state index in [1.165, 1.54) is 0 Å². The molecule has 0 fully saturated rings. The molecule has 0 unspecified atom stereocenters. The average Bonchev–Trinajstić information content (AvgIpc) is 2.95. The van der Waals surface area contributed by atoms with Crippen LogP contribution >= 0.6 is 0 Å². The SMILES string of the molecule is CC(C)Oc1ccccc1C=CC(=O)c1cnn(C(C)C)c1. The first-order valence-corrected chi connectivity index (χ1v) is 7.49. The highest BCUT2D eigenvalue weighted by Gasteiger charge is 2.08. The molecular weight excluding hydrogens is 276 g/mol. The van der Waals surface area contributed by atoms with Gasteiger partial charge in [0.25, 0.3) is 0 Å². The van der Waals surface area contributed by atoms with Gasteiger partial charge in [-0.3, -0.25) is 9.48 Å². The van der Waals surface area contributed by atoms with Gasteiger partial charge in [0.15, 0.2) is 5.78 Å². The first-order chi connectivity index (χ1) is 10.5. The molecule has 0 radical (unpaired) electrons. The Labute approximate surface area is 131 Å². The molecule has 0 bridgehead atoms. The molecule has 1 aromatic heterocycles. The van der Waals surface area contributed by atoms with Crippen molar-refractivity contribution in [3.05, 3.63) is 53.9 Å². The summed E-state index contributed by atoms with van der Waals surface area (Å²) in [7, 11) is 0. The van der Waals surface area contributed by atoms with Crippen molar-refractivity contribution in [3.63, 3.8) is 0 Å². The molecule has 0 spiro atoms. The van der Waals surface area contributed by atoms with E-state index in [4.69, 9.17) is 4.74 Å². The van der Waals surface area contributed by atoms with E-state index in [2.05, 4.69) is 5.10 Å². The molecule has 4 nitrogen and oxygen atoms in total. The average molecular weight is 298 g/mol. The van der Waals surface area contributed by atoms with Crippen molar-refractivity contribution in [1.82, 2.24) is 9.78 Å². The van der Waals surface area contributed by atoms with Crippen molar-refractivity contribution < 1.29 is 9.53 Å². The van der Waals surface area contributed by atoms with Crippen molar-refractivity contribution in [2.24, 2.45) is 0 Å². The smallest absolute Gasteiger partial charge is 0.189 e. The van der Waals surface area contributed by atoms with Gasteiger partial charge in [0.05, 0.1) is 17.9 Å². The first-order valence-electron chi connectivity index (χ1n) is 7.49. The number of carbonyl (C=O) groups excluding carboxylic acids is 1. The third-order valence-electron chi connectivity index (χ3n) is 3.11. The van der Waals surface area contributed by atoms with Crippen molar-refractivity contribution in [3.8, 4) is 5.75 Å². The molecule has 0 N–H and O–H groups in total. The van der Waals surface area contributed by atoms with Crippen LogP contribution < -0.4 is 4.74 Å². The van der Waals surface area contributed by atoms with Crippen LogP contribution in [0.2, 0.25) is 0 Å². The van der Waals surface area contributed by atoms with E-state index >= 15 is 0 Å². The Bertz CT molecular complexity index is 669. The van der Waals surface area contributed by atoms with E-state index in [0.717, 1.165) is 11.3 Å². The molecule has 2 aromatic rings. The number of carbonyl (C=O) groups is 1. The molecule has 0 aliphatic carbocycles. The molecule has 22 heavy (non-hydrogen) atoms. The summed E-state index contributed by atoms with van der Waals surface area (Å²) in [5.41, 5.74) is 1.48. The monoisotopic (exact) mass is 298 g/mol. The first kappa shape index (κ1) is 16.0. The summed E-state index contributed by atoms with van der Waals surface area (Å²) in [6, 6.07) is 7.92. The molecule has 0 amide bonds. The molecule has 0 saturated heterocycles. The van der Waals surface area contributed by atoms with Gasteiger partial charge < -0.3 is 4.74 Å². The van der Waals surface area contributed by atoms with Gasteiger partial charge in [0.2, 0.25) is 0 Å². The van der Waals surface area contributed by atoms with Crippen molar-refractivity contribution in [1.29, 1.82) is 0 Å². The highest BCUT2D eigenvalue weighted by molar-refractivity contribution is 6.06. The van der Waals surface area contributed by atoms with Crippen LogP contribution in [0.4, 0.5) is 0 Å². The number of aromatic nitrogens is 2. The van der Waals surface area contributed by atoms with E-state index in [-0.39, 0.29) is 17.9 Å². The lowest BCUT2D eigenvalue weighted by atomic mass is 10.1. The second-order valence-corrected chi connectivity index (χ2v) is 5.70. The summed E-state index contributed by atoms with van der Waals surface area (Å²) >= 11 is 0. The third kappa shape index (κ3) is 4.07. The Kier molecular flexibility index (Phi) is 5.15. The van der Waals surface area contributed by atoms with Crippen LogP contribution in [0.15, 0.2) is 42.7 Å². The van der Waals surface area contributed by atoms with E-state index in [1.54, 1.807) is 29.2 Å². The summed E-state index contributed by atoms with van der Waals surface area (Å²) in [6.45, 7) is 8.01. The Balaban J connectivity index is 2.15. The van der Waals surface area contributed by atoms with Gasteiger partial charge in [-0.1, -0.05) is 18.2 Å². The van der Waals surface area contributed by atoms with Crippen LogP contribution in [0.1, 0.15) is 49.7 Å². The minimum absolute atomic E-state index is 0.0637. The number of ether oxygens (including phenoxy) is 1. The second-order valence-electron chi connectivity index (χ2n) is 5.70. The fourth-order valence-corrected chi connectivity index (χ4v) is 1.99. The predicted molar refractivity (Wildman–Crippen MR) is 88.2 cm³/mol. The zero-order valence-electron chi connectivity index (χ0n) is 13.5. The maximum absolute atomic E-state index is 12.2. The topological polar surface area (TPSA) is 44.1 Å². The predicted octanol–water partition coefficient (Wildman–Crippen LogP) is 4.15. The molecule has 1 heterocycles. The minimum atomic E-state index is -0.0637. The van der Waals surface area contributed by atoms with Crippen molar-refractivity contribution >= 4 is 11.9 Å². The maximum atomic E-state index is 12.2. The molecule has 2 rings (SSSR count). The number of hydrogen-bond donors (Lipinski definition) is 0. The van der Waals surface area contributed by atoms with Gasteiger partial charge in [-0.2, -0.15) is 5.10 Å². The van der Waals surface area contributed by atoms with Gasteiger partial charge >= 0.3 is 0 Å². The lowest BCUT2D eigenvalue weighted by Gasteiger charge is -2.11. The van der Waals surface area contributed by atoms with Gasteiger partial charge in [0.1, 0.15) is 5.75 Å². The van der Waals surface area contributed by atoms with Gasteiger partial charge in [0, 0.05) is 17.8 Å². The van der Waals surface area contributed by atoms with Crippen molar-refractivity contribution in [2.45, 2.75) is 39.8 Å². The molecule has 0 aliphatic rings. The highest BCUT2D eigenvalue weighted by Crippen LogP contribution is 2.21. The Morgan fingerprint density at radius 1 is 1.23 bits per heavy atom. The molecule has 116 valence electrons. The Morgan fingerprint density at radius 3 is 2.59 bits per heavy atom. The number of ketones is 1. The van der Waals surface area contributed by atoms with Crippen LogP contribution in [-0.4, -0.2) is 21.7 Å². The highest BCUT2D eigenvalue weighted by atomic mass is 16.5. The lowest BCUT2D eigenvalue weighted by Crippen LogP contribution is -2.06. The summed E-state index contributed by atoms with van der Waals surface area (Å²) in [6.07, 6.45) is 6.81. The summed E-state index contributed by atoms with van der Waals surface area (Å²) in [5, 5.41) is 4.19. The molecule has 4 heteroatoms. The lowest BCUT2D eigenvalue weighted by molar-refractivity contribution is 0.104. The fraction of sp³-hybridized carbons (Fsp3) is 0.333. The van der Waals surface area contributed by atoms with E-state index < -0.39 is 0 Å². The quantitative estimate of drug-likeness (QED) is 0.594. The maximum Gasteiger partial charge on any atom is 0.189 e. The molecule has 0 atom stereocenters. The van der Waals surface area contributed by atoms with Crippen LogP contribution in [0, 0.1) is 0 Å². The van der Waals surface area contributed by atoms with E-state index in [9.17, 15) is 4.79 Å². The minimum Gasteiger partial charge on any atom is -0.490 e. The number of hydrogen-bond acceptors (Lipinski definition) is 3. The second kappa shape index (κ2) is 7.07. The van der Waals surface area contributed by atoms with Gasteiger partial charge in [-0.05, 0) is 45.9 Å². The number of rotatable bonds is 6. The van der Waals surface area contributed by atoms with Crippen LogP contribution in [-0.2, 0) is 0 Å². The van der Waals surface area contributed by atoms with Crippen LogP contribution in [0.5, 0.6) is 5.75 Å². The number of nitrogens with zero attached hydrogens (tertiary/aromatic N) is 2. The Hall–Kier alpha value is -2.36. The van der Waals surface area contributed by atoms with Crippen molar-refractivity contribution in [2.75, 3.05) is 0 Å². The number of benzene rings is 1. The summed E-state index contributed by atoms with van der Waals surface area (Å²) in [4.78, 5) is 12.2. The molecular formula is C18H22N2O2. The molecule has 0 saturated carbocycles. The van der Waals surface area contributed by atoms with E-state index in [1.807, 2.05) is 52.0 Å². The van der Waals surface area contributed by atoms with Crippen LogP contribution in [0.25, 0.3) is 6.08 Å². The fourth-order valence-electron chi connectivity index (χ4n) is 1.99. The zero-order valence-corrected chi connectivity index (χ0v) is 13.5. The summed E-state index contributed by atoms with van der Waals surface area (Å²) < 4.78 is 7.51. The number of allylic oxidation sites excluding steroid dienone is 1. The normalized spacial score (nSPS) is 11.5. The van der Waals surface area contributed by atoms with Gasteiger partial charge in [-0.15, -0.1) is 0 Å². The largest absolute Gasteiger partial charge is 0.490 e. The summed E-state index contributed by atoms with van der Waals surface area (Å²) in [5.74, 6) is 0.714. The standard InChI is InChI=1S/C18H22N2O2/c1-13(2)20-12-16(11-19-20)17(21)10-9-15-7-5-6-8-18(15)22-14(3)4/h5-14H,1-4H3. The van der Waals surface area contributed by atoms with Gasteiger partial charge in [-0.25, -0.2) is 0 Å². The zero-order chi connectivity index (χ0) is 16.1. The third-order valence-corrected chi connectivity index (χ3v) is 3.11. The van der Waals surface area contributed by atoms with Crippen LogP contribution in [0.3, 0.4) is 0 Å². The van der Waals surface area contributed by atoms with E-state index in [0.29, 0.717) is 5.56 Å². The molecule has 1 aromatic carbocycles. The molecule has 0 aliphatic heterocycles. The number of para-hydroxylation sites is 1. The Morgan fingerprint density at radius 2 is 1.95 bits per heavy atom.